The number of aryl methyl sites for hydroxylation is 1. The van der Waals surface area contributed by atoms with E-state index < -0.39 is 0 Å². The first-order chi connectivity index (χ1) is 11.9. The molecule has 1 heterocycles. The van der Waals surface area contributed by atoms with Crippen LogP contribution in [-0.2, 0) is 11.8 Å². The molecule has 25 heavy (non-hydrogen) atoms. The molecule has 0 aliphatic heterocycles. The maximum Gasteiger partial charge on any atom is 0.272 e. The van der Waals surface area contributed by atoms with Gasteiger partial charge in [-0.25, -0.2) is 4.68 Å². The molecule has 0 spiro atoms. The molecule has 1 N–H and O–H groups in total. The highest BCUT2D eigenvalue weighted by Crippen LogP contribution is 2.18. The van der Waals surface area contributed by atoms with Crippen molar-refractivity contribution in [1.82, 2.24) is 20.0 Å². The van der Waals surface area contributed by atoms with E-state index in [1.54, 1.807) is 21.1 Å². The van der Waals surface area contributed by atoms with E-state index in [2.05, 4.69) is 10.4 Å². The minimum Gasteiger partial charge on any atom is -0.468 e. The third-order valence-corrected chi connectivity index (χ3v) is 3.83. The molecule has 1 atom stereocenters. The molecular formula is C18H24N4O3. The van der Waals surface area contributed by atoms with Gasteiger partial charge >= 0.3 is 0 Å². The zero-order chi connectivity index (χ0) is 18.4. The summed E-state index contributed by atoms with van der Waals surface area (Å²) in [4.78, 5) is 25.5. The maximum atomic E-state index is 12.5. The van der Waals surface area contributed by atoms with E-state index in [-0.39, 0.29) is 30.2 Å². The van der Waals surface area contributed by atoms with Gasteiger partial charge in [-0.15, -0.1) is 0 Å². The van der Waals surface area contributed by atoms with Crippen LogP contribution in [0.2, 0.25) is 0 Å². The van der Waals surface area contributed by atoms with Gasteiger partial charge in [0.2, 0.25) is 5.88 Å². The number of carbonyl (C=O) groups excluding carboxylic acids is 2. The van der Waals surface area contributed by atoms with Gasteiger partial charge in [-0.2, -0.15) is 5.10 Å². The van der Waals surface area contributed by atoms with E-state index in [1.807, 2.05) is 37.3 Å². The second-order valence-corrected chi connectivity index (χ2v) is 5.91. The maximum absolute atomic E-state index is 12.5. The Kier molecular flexibility index (Phi) is 6.16. The summed E-state index contributed by atoms with van der Waals surface area (Å²) in [6.07, 6.45) is 0.767. The van der Waals surface area contributed by atoms with Crippen LogP contribution < -0.4 is 10.1 Å². The van der Waals surface area contributed by atoms with Crippen molar-refractivity contribution in [3.63, 3.8) is 0 Å². The Labute approximate surface area is 147 Å². The summed E-state index contributed by atoms with van der Waals surface area (Å²) in [5, 5.41) is 7.15. The standard InChI is InChI=1S/C18H24N4O3/c1-5-14(13-9-7-6-8-10-13)19-18(24)15-11-17(22(4)20-15)25-12-16(23)21(2)3/h6-11,14H,5,12H2,1-4H3,(H,19,24)/t14-/m0/s1. The van der Waals surface area contributed by atoms with E-state index in [9.17, 15) is 9.59 Å². The number of nitrogens with zero attached hydrogens (tertiary/aromatic N) is 3. The molecule has 7 heteroatoms. The van der Waals surface area contributed by atoms with Crippen LogP contribution in [-0.4, -0.2) is 47.2 Å². The Morgan fingerprint density at radius 3 is 2.56 bits per heavy atom. The number of hydrogen-bond donors (Lipinski definition) is 1. The molecule has 2 amide bonds. The Hall–Kier alpha value is -2.83. The topological polar surface area (TPSA) is 76.5 Å². The lowest BCUT2D eigenvalue weighted by Crippen LogP contribution is -2.28. The molecule has 0 aliphatic rings. The van der Waals surface area contributed by atoms with Gasteiger partial charge in [0.05, 0.1) is 6.04 Å². The van der Waals surface area contributed by atoms with Crippen molar-refractivity contribution in [2.24, 2.45) is 7.05 Å². The molecule has 0 aliphatic carbocycles. The summed E-state index contributed by atoms with van der Waals surface area (Å²) in [6, 6.07) is 11.2. The third kappa shape index (κ3) is 4.82. The fourth-order valence-corrected chi connectivity index (χ4v) is 2.30. The van der Waals surface area contributed by atoms with Crippen molar-refractivity contribution >= 4 is 11.8 Å². The number of likely N-dealkylation sites (N-methyl/N-ethyl adjacent to an activating group) is 1. The average molecular weight is 344 g/mol. The predicted octanol–water partition coefficient (Wildman–Crippen LogP) is 1.77. The highest BCUT2D eigenvalue weighted by atomic mass is 16.5. The highest BCUT2D eigenvalue weighted by Gasteiger charge is 2.18. The SMILES string of the molecule is CC[C@H](NC(=O)c1cc(OCC(=O)N(C)C)n(C)n1)c1ccccc1. The normalized spacial score (nSPS) is 11.7. The van der Waals surface area contributed by atoms with E-state index in [4.69, 9.17) is 4.74 Å². The zero-order valence-electron chi connectivity index (χ0n) is 15.0. The van der Waals surface area contributed by atoms with Crippen LogP contribution >= 0.6 is 0 Å². The van der Waals surface area contributed by atoms with Crippen molar-refractivity contribution in [3.8, 4) is 5.88 Å². The number of benzene rings is 1. The Morgan fingerprint density at radius 2 is 1.96 bits per heavy atom. The molecule has 0 bridgehead atoms. The second-order valence-electron chi connectivity index (χ2n) is 5.91. The molecule has 0 radical (unpaired) electrons. The number of amides is 2. The van der Waals surface area contributed by atoms with E-state index >= 15 is 0 Å². The van der Waals surface area contributed by atoms with Crippen LogP contribution in [0, 0.1) is 0 Å². The third-order valence-electron chi connectivity index (χ3n) is 3.83. The Bertz CT molecular complexity index is 725. The van der Waals surface area contributed by atoms with Crippen LogP contribution in [0.4, 0.5) is 0 Å². The van der Waals surface area contributed by atoms with Gasteiger partial charge in [0.15, 0.2) is 12.3 Å². The van der Waals surface area contributed by atoms with Gasteiger partial charge in [0.1, 0.15) is 0 Å². The van der Waals surface area contributed by atoms with Crippen LogP contribution in [0.15, 0.2) is 36.4 Å². The van der Waals surface area contributed by atoms with Gasteiger partial charge < -0.3 is 15.0 Å². The molecule has 134 valence electrons. The smallest absolute Gasteiger partial charge is 0.272 e. The van der Waals surface area contributed by atoms with Crippen molar-refractivity contribution in [1.29, 1.82) is 0 Å². The number of carbonyl (C=O) groups is 2. The zero-order valence-corrected chi connectivity index (χ0v) is 15.0. The van der Waals surface area contributed by atoms with Gasteiger partial charge in [-0.05, 0) is 12.0 Å². The minimum atomic E-state index is -0.278. The van der Waals surface area contributed by atoms with Gasteiger partial charge in [-0.3, -0.25) is 9.59 Å². The van der Waals surface area contributed by atoms with Crippen LogP contribution in [0.3, 0.4) is 0 Å². The largest absolute Gasteiger partial charge is 0.468 e. The molecular weight excluding hydrogens is 320 g/mol. The lowest BCUT2D eigenvalue weighted by atomic mass is 10.0. The van der Waals surface area contributed by atoms with Crippen molar-refractivity contribution < 1.29 is 14.3 Å². The number of ether oxygens (including phenoxy) is 1. The molecule has 1 aromatic heterocycles. The van der Waals surface area contributed by atoms with E-state index in [0.29, 0.717) is 5.88 Å². The van der Waals surface area contributed by atoms with Gasteiger partial charge in [0.25, 0.3) is 11.8 Å². The fraction of sp³-hybridized carbons (Fsp3) is 0.389. The van der Waals surface area contributed by atoms with Crippen LogP contribution in [0.1, 0.15) is 35.4 Å². The quantitative estimate of drug-likeness (QED) is 0.830. The summed E-state index contributed by atoms with van der Waals surface area (Å²) in [5.74, 6) is -0.0736. The summed E-state index contributed by atoms with van der Waals surface area (Å²) < 4.78 is 6.88. The molecule has 1 aromatic carbocycles. The van der Waals surface area contributed by atoms with Gasteiger partial charge in [0, 0.05) is 27.2 Å². The number of nitrogens with one attached hydrogen (secondary N) is 1. The van der Waals surface area contributed by atoms with E-state index in [1.165, 1.54) is 15.6 Å². The summed E-state index contributed by atoms with van der Waals surface area (Å²) in [6.45, 7) is 1.91. The average Bonchev–Trinajstić information content (AvgIpc) is 2.99. The Morgan fingerprint density at radius 1 is 1.28 bits per heavy atom. The lowest BCUT2D eigenvalue weighted by Gasteiger charge is -2.16. The molecule has 0 fully saturated rings. The van der Waals surface area contributed by atoms with Crippen molar-refractivity contribution in [2.75, 3.05) is 20.7 Å². The molecule has 0 saturated carbocycles. The number of rotatable bonds is 7. The number of hydrogen-bond acceptors (Lipinski definition) is 4. The minimum absolute atomic E-state index is 0.0876. The van der Waals surface area contributed by atoms with E-state index in [0.717, 1.165) is 12.0 Å². The molecule has 0 saturated heterocycles. The first-order valence-corrected chi connectivity index (χ1v) is 8.15. The lowest BCUT2D eigenvalue weighted by molar-refractivity contribution is -0.130. The van der Waals surface area contributed by atoms with Gasteiger partial charge in [-0.1, -0.05) is 37.3 Å². The first-order valence-electron chi connectivity index (χ1n) is 8.15. The molecule has 0 unspecified atom stereocenters. The summed E-state index contributed by atoms with van der Waals surface area (Å²) >= 11 is 0. The summed E-state index contributed by atoms with van der Waals surface area (Å²) in [5.41, 5.74) is 1.30. The second kappa shape index (κ2) is 8.32. The predicted molar refractivity (Wildman–Crippen MR) is 94.3 cm³/mol. The van der Waals surface area contributed by atoms with Crippen molar-refractivity contribution in [2.45, 2.75) is 19.4 Å². The molecule has 2 rings (SSSR count). The summed E-state index contributed by atoms with van der Waals surface area (Å²) in [7, 11) is 4.98. The first kappa shape index (κ1) is 18.5. The van der Waals surface area contributed by atoms with Crippen LogP contribution in [0.5, 0.6) is 5.88 Å². The van der Waals surface area contributed by atoms with Crippen LogP contribution in [0.25, 0.3) is 0 Å². The molecule has 2 aromatic rings. The monoisotopic (exact) mass is 344 g/mol. The molecule has 7 nitrogen and oxygen atoms in total. The van der Waals surface area contributed by atoms with Crippen molar-refractivity contribution in [3.05, 3.63) is 47.7 Å². The highest BCUT2D eigenvalue weighted by molar-refractivity contribution is 5.92. The Balaban J connectivity index is 2.04. The fourth-order valence-electron chi connectivity index (χ4n) is 2.30. The number of aromatic nitrogens is 2.